The van der Waals surface area contributed by atoms with E-state index in [0.29, 0.717) is 12.2 Å². The Kier molecular flexibility index (Phi) is 2.57. The Labute approximate surface area is 110 Å². The minimum absolute atomic E-state index is 0.131. The topological polar surface area (TPSA) is 70.1 Å². The Morgan fingerprint density at radius 1 is 1.37 bits per heavy atom. The third kappa shape index (κ3) is 1.87. The lowest BCUT2D eigenvalue weighted by atomic mass is 9.98. The van der Waals surface area contributed by atoms with Crippen molar-refractivity contribution >= 4 is 11.6 Å². The third-order valence-electron chi connectivity index (χ3n) is 3.33. The summed E-state index contributed by atoms with van der Waals surface area (Å²) in [6.45, 7) is 0. The Hall–Kier alpha value is -2.61. The zero-order valence-corrected chi connectivity index (χ0v) is 10.4. The number of nitriles is 1. The van der Waals surface area contributed by atoms with E-state index in [1.54, 1.807) is 18.0 Å². The second-order valence-corrected chi connectivity index (χ2v) is 4.48. The largest absolute Gasteiger partial charge is 0.355 e. The van der Waals surface area contributed by atoms with Gasteiger partial charge in [0.1, 0.15) is 6.07 Å². The van der Waals surface area contributed by atoms with Crippen LogP contribution in [-0.2, 0) is 11.2 Å². The molecule has 0 radical (unpaired) electrons. The number of hydrogen-bond acceptors (Lipinski definition) is 4. The highest BCUT2D eigenvalue weighted by Gasteiger charge is 2.21. The Balaban J connectivity index is 2.02. The van der Waals surface area contributed by atoms with Crippen molar-refractivity contribution in [3.8, 4) is 17.4 Å². The fraction of sp³-hybridized carbons (Fsp3) is 0.214. The number of aromatic nitrogens is 1. The standard InChI is InChI=1S/C14H11N3O2/c1-17-12-4-2-10(6-9(12)3-5-14(17)18)13-7-11(8-15)16-19-13/h2,4,6-7H,3,5H2,1H3. The number of rotatable bonds is 1. The van der Waals surface area contributed by atoms with E-state index < -0.39 is 0 Å². The molecule has 1 aliphatic rings. The molecule has 5 nitrogen and oxygen atoms in total. The van der Waals surface area contributed by atoms with Gasteiger partial charge in [-0.2, -0.15) is 5.26 Å². The highest BCUT2D eigenvalue weighted by molar-refractivity contribution is 5.96. The Bertz CT molecular complexity index is 697. The molecular weight excluding hydrogens is 242 g/mol. The first-order valence-electron chi connectivity index (χ1n) is 5.95. The molecule has 0 spiro atoms. The van der Waals surface area contributed by atoms with Crippen LogP contribution in [0.4, 0.5) is 5.69 Å². The molecular formula is C14H11N3O2. The van der Waals surface area contributed by atoms with E-state index in [4.69, 9.17) is 9.78 Å². The van der Waals surface area contributed by atoms with Gasteiger partial charge in [0.25, 0.3) is 0 Å². The van der Waals surface area contributed by atoms with Crippen LogP contribution in [0.25, 0.3) is 11.3 Å². The molecule has 5 heteroatoms. The minimum atomic E-state index is 0.131. The summed E-state index contributed by atoms with van der Waals surface area (Å²) in [6, 6.07) is 9.30. The molecule has 1 aromatic carbocycles. The molecule has 0 aliphatic carbocycles. The van der Waals surface area contributed by atoms with Crippen LogP contribution in [-0.4, -0.2) is 18.1 Å². The lowest BCUT2D eigenvalue weighted by molar-refractivity contribution is -0.118. The fourth-order valence-corrected chi connectivity index (χ4v) is 2.27. The monoisotopic (exact) mass is 253 g/mol. The van der Waals surface area contributed by atoms with Gasteiger partial charge in [-0.25, -0.2) is 0 Å². The number of carbonyl (C=O) groups is 1. The summed E-state index contributed by atoms with van der Waals surface area (Å²) in [5.74, 6) is 0.700. The molecule has 2 aromatic rings. The predicted octanol–water partition coefficient (Wildman–Crippen LogP) is 2.12. The van der Waals surface area contributed by atoms with Crippen molar-refractivity contribution in [2.45, 2.75) is 12.8 Å². The maximum absolute atomic E-state index is 11.6. The number of anilines is 1. The summed E-state index contributed by atoms with van der Waals surface area (Å²) in [5, 5.41) is 12.4. The van der Waals surface area contributed by atoms with Crippen molar-refractivity contribution in [1.82, 2.24) is 5.16 Å². The van der Waals surface area contributed by atoms with E-state index in [2.05, 4.69) is 5.16 Å². The lowest BCUT2D eigenvalue weighted by Gasteiger charge is -2.25. The Morgan fingerprint density at radius 2 is 2.21 bits per heavy atom. The normalized spacial score (nSPS) is 14.1. The van der Waals surface area contributed by atoms with Crippen molar-refractivity contribution in [1.29, 1.82) is 5.26 Å². The van der Waals surface area contributed by atoms with Crippen LogP contribution in [0.15, 0.2) is 28.8 Å². The first-order chi connectivity index (χ1) is 9.19. The van der Waals surface area contributed by atoms with E-state index in [1.165, 1.54) is 0 Å². The van der Waals surface area contributed by atoms with Gasteiger partial charge in [-0.1, -0.05) is 5.16 Å². The molecule has 0 fully saturated rings. The van der Waals surface area contributed by atoms with Crippen LogP contribution in [0.1, 0.15) is 17.7 Å². The molecule has 0 atom stereocenters. The van der Waals surface area contributed by atoms with E-state index in [1.807, 2.05) is 24.3 Å². The van der Waals surface area contributed by atoms with Crippen LogP contribution in [0.5, 0.6) is 0 Å². The average molecular weight is 253 g/mol. The number of hydrogen-bond donors (Lipinski definition) is 0. The first-order valence-corrected chi connectivity index (χ1v) is 5.95. The fourth-order valence-electron chi connectivity index (χ4n) is 2.27. The zero-order valence-electron chi connectivity index (χ0n) is 10.4. The van der Waals surface area contributed by atoms with Gasteiger partial charge < -0.3 is 9.42 Å². The summed E-state index contributed by atoms with van der Waals surface area (Å²) in [5.41, 5.74) is 3.17. The maximum atomic E-state index is 11.6. The van der Waals surface area contributed by atoms with Gasteiger partial charge in [0.15, 0.2) is 11.5 Å². The van der Waals surface area contributed by atoms with Crippen LogP contribution in [0.3, 0.4) is 0 Å². The van der Waals surface area contributed by atoms with E-state index in [9.17, 15) is 4.79 Å². The quantitative estimate of drug-likeness (QED) is 0.780. The molecule has 1 amide bonds. The number of nitrogens with zero attached hydrogens (tertiary/aromatic N) is 3. The molecule has 94 valence electrons. The van der Waals surface area contributed by atoms with Gasteiger partial charge >= 0.3 is 0 Å². The average Bonchev–Trinajstić information content (AvgIpc) is 2.91. The van der Waals surface area contributed by atoms with Gasteiger partial charge in [0, 0.05) is 30.8 Å². The maximum Gasteiger partial charge on any atom is 0.227 e. The summed E-state index contributed by atoms with van der Waals surface area (Å²) in [7, 11) is 1.78. The Morgan fingerprint density at radius 3 is 2.95 bits per heavy atom. The van der Waals surface area contributed by atoms with Crippen molar-refractivity contribution < 1.29 is 9.32 Å². The van der Waals surface area contributed by atoms with Gasteiger partial charge in [-0.05, 0) is 30.2 Å². The summed E-state index contributed by atoms with van der Waals surface area (Å²) in [6.07, 6.45) is 1.25. The van der Waals surface area contributed by atoms with Crippen molar-refractivity contribution in [3.63, 3.8) is 0 Å². The second-order valence-electron chi connectivity index (χ2n) is 4.48. The molecule has 0 bridgehead atoms. The number of aryl methyl sites for hydroxylation is 1. The highest BCUT2D eigenvalue weighted by atomic mass is 16.5. The molecule has 3 rings (SSSR count). The number of carbonyl (C=O) groups excluding carboxylic acids is 1. The molecule has 19 heavy (non-hydrogen) atoms. The van der Waals surface area contributed by atoms with Gasteiger partial charge in [-0.3, -0.25) is 4.79 Å². The van der Waals surface area contributed by atoms with Crippen molar-refractivity contribution in [2.75, 3.05) is 11.9 Å². The first kappa shape index (κ1) is 11.5. The van der Waals surface area contributed by atoms with Gasteiger partial charge in [0.2, 0.25) is 5.91 Å². The molecule has 2 heterocycles. The van der Waals surface area contributed by atoms with Crippen LogP contribution in [0.2, 0.25) is 0 Å². The van der Waals surface area contributed by atoms with Crippen molar-refractivity contribution in [2.24, 2.45) is 0 Å². The van der Waals surface area contributed by atoms with Crippen LogP contribution < -0.4 is 4.90 Å². The van der Waals surface area contributed by atoms with Crippen LogP contribution in [0, 0.1) is 11.3 Å². The van der Waals surface area contributed by atoms with Crippen LogP contribution >= 0.6 is 0 Å². The smallest absolute Gasteiger partial charge is 0.227 e. The SMILES string of the molecule is CN1C(=O)CCc2cc(-c3cc(C#N)no3)ccc21. The molecule has 0 saturated heterocycles. The van der Waals surface area contributed by atoms with E-state index in [-0.39, 0.29) is 11.6 Å². The van der Waals surface area contributed by atoms with Gasteiger partial charge in [0.05, 0.1) is 0 Å². The molecule has 0 saturated carbocycles. The predicted molar refractivity (Wildman–Crippen MR) is 68.4 cm³/mol. The van der Waals surface area contributed by atoms with Gasteiger partial charge in [-0.15, -0.1) is 0 Å². The molecule has 0 N–H and O–H groups in total. The summed E-state index contributed by atoms with van der Waals surface area (Å²) >= 11 is 0. The number of amides is 1. The zero-order chi connectivity index (χ0) is 13.4. The number of benzene rings is 1. The molecule has 0 unspecified atom stereocenters. The minimum Gasteiger partial charge on any atom is -0.355 e. The third-order valence-corrected chi connectivity index (χ3v) is 3.33. The summed E-state index contributed by atoms with van der Waals surface area (Å²) in [4.78, 5) is 13.3. The molecule has 1 aliphatic heterocycles. The second kappa shape index (κ2) is 4.25. The van der Waals surface area contributed by atoms with E-state index >= 15 is 0 Å². The van der Waals surface area contributed by atoms with Crippen molar-refractivity contribution in [3.05, 3.63) is 35.5 Å². The highest BCUT2D eigenvalue weighted by Crippen LogP contribution is 2.31. The lowest BCUT2D eigenvalue weighted by Crippen LogP contribution is -2.30. The molecule has 1 aromatic heterocycles. The van der Waals surface area contributed by atoms with E-state index in [0.717, 1.165) is 23.2 Å². The number of fused-ring (bicyclic) bond motifs is 1. The summed E-state index contributed by atoms with van der Waals surface area (Å²) < 4.78 is 5.13.